The fraction of sp³-hybridized carbons (Fsp3) is 0.188. The number of hydrogen-bond donors (Lipinski definition) is 2. The van der Waals surface area contributed by atoms with Crippen LogP contribution in [0.25, 0.3) is 0 Å². The Balaban J connectivity index is 2.35. The molecule has 0 aromatic heterocycles. The van der Waals surface area contributed by atoms with Crippen molar-refractivity contribution in [3.05, 3.63) is 53.1 Å². The van der Waals surface area contributed by atoms with Gasteiger partial charge < -0.3 is 15.8 Å². The monoisotopic (exact) mass is 270 g/mol. The van der Waals surface area contributed by atoms with E-state index in [1.165, 1.54) is 5.56 Å². The van der Waals surface area contributed by atoms with Crippen molar-refractivity contribution in [1.82, 2.24) is 5.32 Å². The van der Waals surface area contributed by atoms with E-state index in [-0.39, 0.29) is 5.91 Å². The second-order valence-corrected chi connectivity index (χ2v) is 4.70. The third-order valence-corrected chi connectivity index (χ3v) is 3.05. The number of nitrogens with one attached hydrogen (secondary N) is 1. The maximum Gasteiger partial charge on any atom is 0.251 e. The van der Waals surface area contributed by atoms with Crippen LogP contribution in [0.1, 0.15) is 21.5 Å². The number of nitrogen functional groups attached to an aromatic ring is 1. The third-order valence-electron chi connectivity index (χ3n) is 3.05. The zero-order chi connectivity index (χ0) is 14.7. The number of carbonyl (C=O) groups excluding carboxylic acids is 1. The molecule has 0 aliphatic heterocycles. The first kappa shape index (κ1) is 13.9. The Hall–Kier alpha value is -2.49. The molecule has 0 bridgehead atoms. The van der Waals surface area contributed by atoms with Crippen LogP contribution in [-0.4, -0.2) is 13.0 Å². The molecule has 2 rings (SSSR count). The minimum atomic E-state index is -0.171. The summed E-state index contributed by atoms with van der Waals surface area (Å²) in [6, 6.07) is 10.9. The molecule has 0 radical (unpaired) electrons. The van der Waals surface area contributed by atoms with Gasteiger partial charge in [0.05, 0.1) is 5.69 Å². The average molecular weight is 270 g/mol. The maximum atomic E-state index is 11.6. The minimum Gasteiger partial charge on any atom is -0.455 e. The van der Waals surface area contributed by atoms with Gasteiger partial charge in [0.2, 0.25) is 0 Å². The van der Waals surface area contributed by atoms with Crippen LogP contribution in [0.3, 0.4) is 0 Å². The third kappa shape index (κ3) is 2.91. The smallest absolute Gasteiger partial charge is 0.251 e. The highest BCUT2D eigenvalue weighted by atomic mass is 16.5. The summed E-state index contributed by atoms with van der Waals surface area (Å²) in [4.78, 5) is 11.6. The second-order valence-electron chi connectivity index (χ2n) is 4.70. The topological polar surface area (TPSA) is 64.4 Å². The van der Waals surface area contributed by atoms with E-state index in [9.17, 15) is 4.79 Å². The molecule has 3 N–H and O–H groups in total. The number of benzene rings is 2. The lowest BCUT2D eigenvalue weighted by molar-refractivity contribution is 0.0963. The summed E-state index contributed by atoms with van der Waals surface area (Å²) in [5.74, 6) is 1.05. The number of amides is 1. The number of hydrogen-bond acceptors (Lipinski definition) is 3. The van der Waals surface area contributed by atoms with Crippen LogP contribution in [0.2, 0.25) is 0 Å². The zero-order valence-electron chi connectivity index (χ0n) is 11.9. The molecule has 0 fully saturated rings. The Labute approximate surface area is 118 Å². The number of anilines is 1. The van der Waals surface area contributed by atoms with E-state index in [4.69, 9.17) is 10.5 Å². The molecule has 2 aromatic rings. The van der Waals surface area contributed by atoms with Gasteiger partial charge in [0, 0.05) is 12.6 Å². The average Bonchev–Trinajstić information content (AvgIpc) is 2.43. The van der Waals surface area contributed by atoms with E-state index in [1.807, 2.05) is 32.0 Å². The summed E-state index contributed by atoms with van der Waals surface area (Å²) in [6.45, 7) is 4.00. The summed E-state index contributed by atoms with van der Waals surface area (Å²) in [7, 11) is 1.59. The lowest BCUT2D eigenvalue weighted by atomic mass is 10.1. The van der Waals surface area contributed by atoms with Crippen LogP contribution < -0.4 is 15.8 Å². The predicted molar refractivity (Wildman–Crippen MR) is 80.2 cm³/mol. The van der Waals surface area contributed by atoms with Crippen LogP contribution in [-0.2, 0) is 0 Å². The fourth-order valence-corrected chi connectivity index (χ4v) is 1.94. The maximum absolute atomic E-state index is 11.6. The van der Waals surface area contributed by atoms with Crippen LogP contribution in [0.4, 0.5) is 5.69 Å². The lowest BCUT2D eigenvalue weighted by Crippen LogP contribution is -2.17. The summed E-state index contributed by atoms with van der Waals surface area (Å²) in [5.41, 5.74) is 9.11. The molecule has 0 aliphatic rings. The summed E-state index contributed by atoms with van der Waals surface area (Å²) in [6.07, 6.45) is 0. The van der Waals surface area contributed by atoms with Crippen molar-refractivity contribution in [3.8, 4) is 11.5 Å². The Morgan fingerprint density at radius 1 is 1.10 bits per heavy atom. The van der Waals surface area contributed by atoms with Gasteiger partial charge >= 0.3 is 0 Å². The quantitative estimate of drug-likeness (QED) is 0.842. The molecule has 4 nitrogen and oxygen atoms in total. The van der Waals surface area contributed by atoms with Gasteiger partial charge in [0.1, 0.15) is 5.75 Å². The number of carbonyl (C=O) groups is 1. The van der Waals surface area contributed by atoms with Gasteiger partial charge in [-0.3, -0.25) is 4.79 Å². The normalized spacial score (nSPS) is 10.2. The molecule has 0 heterocycles. The first-order valence-electron chi connectivity index (χ1n) is 6.38. The van der Waals surface area contributed by atoms with E-state index in [0.29, 0.717) is 17.0 Å². The van der Waals surface area contributed by atoms with E-state index in [1.54, 1.807) is 25.2 Å². The van der Waals surface area contributed by atoms with Crippen molar-refractivity contribution in [2.75, 3.05) is 12.8 Å². The van der Waals surface area contributed by atoms with Crippen LogP contribution in [0.15, 0.2) is 36.4 Å². The van der Waals surface area contributed by atoms with Crippen molar-refractivity contribution in [1.29, 1.82) is 0 Å². The molecular weight excluding hydrogens is 252 g/mol. The highest BCUT2D eigenvalue weighted by molar-refractivity contribution is 5.95. The largest absolute Gasteiger partial charge is 0.455 e. The highest BCUT2D eigenvalue weighted by Gasteiger charge is 2.09. The molecule has 4 heteroatoms. The van der Waals surface area contributed by atoms with E-state index in [2.05, 4.69) is 5.32 Å². The molecule has 0 saturated carbocycles. The Morgan fingerprint density at radius 2 is 1.85 bits per heavy atom. The van der Waals surface area contributed by atoms with Crippen molar-refractivity contribution < 1.29 is 9.53 Å². The highest BCUT2D eigenvalue weighted by Crippen LogP contribution is 2.30. The van der Waals surface area contributed by atoms with Gasteiger partial charge in [-0.1, -0.05) is 17.7 Å². The Kier molecular flexibility index (Phi) is 3.94. The Bertz CT molecular complexity index is 651. The van der Waals surface area contributed by atoms with E-state index >= 15 is 0 Å². The van der Waals surface area contributed by atoms with Crippen LogP contribution in [0.5, 0.6) is 11.5 Å². The molecular formula is C16H18N2O2. The van der Waals surface area contributed by atoms with Gasteiger partial charge in [-0.15, -0.1) is 0 Å². The molecule has 1 amide bonds. The SMILES string of the molecule is CNC(=O)c1ccc(N)c(Oc2ccc(C)cc2C)c1. The first-order chi connectivity index (χ1) is 9.51. The van der Waals surface area contributed by atoms with Crippen LogP contribution in [0, 0.1) is 13.8 Å². The van der Waals surface area contributed by atoms with Crippen molar-refractivity contribution in [2.24, 2.45) is 0 Å². The fourth-order valence-electron chi connectivity index (χ4n) is 1.94. The number of aryl methyl sites for hydroxylation is 2. The van der Waals surface area contributed by atoms with E-state index in [0.717, 1.165) is 11.3 Å². The summed E-state index contributed by atoms with van der Waals surface area (Å²) < 4.78 is 5.83. The lowest BCUT2D eigenvalue weighted by Gasteiger charge is -2.12. The Morgan fingerprint density at radius 3 is 2.50 bits per heavy atom. The summed E-state index contributed by atoms with van der Waals surface area (Å²) in [5, 5.41) is 2.58. The number of ether oxygens (including phenoxy) is 1. The standard InChI is InChI=1S/C16H18N2O2/c1-10-4-7-14(11(2)8-10)20-15-9-12(16(19)18-3)5-6-13(15)17/h4-9H,17H2,1-3H3,(H,18,19). The molecule has 0 aliphatic carbocycles. The molecule has 20 heavy (non-hydrogen) atoms. The van der Waals surface area contributed by atoms with Gasteiger partial charge in [-0.25, -0.2) is 0 Å². The molecule has 0 spiro atoms. The molecule has 104 valence electrons. The van der Waals surface area contributed by atoms with Crippen LogP contribution >= 0.6 is 0 Å². The number of rotatable bonds is 3. The predicted octanol–water partition coefficient (Wildman–Crippen LogP) is 3.04. The van der Waals surface area contributed by atoms with Gasteiger partial charge in [0.15, 0.2) is 5.75 Å². The van der Waals surface area contributed by atoms with Crippen molar-refractivity contribution >= 4 is 11.6 Å². The second kappa shape index (κ2) is 5.65. The molecule has 0 unspecified atom stereocenters. The number of nitrogens with two attached hydrogens (primary N) is 1. The van der Waals surface area contributed by atoms with Gasteiger partial charge in [-0.05, 0) is 43.7 Å². The molecule has 2 aromatic carbocycles. The van der Waals surface area contributed by atoms with Crippen molar-refractivity contribution in [2.45, 2.75) is 13.8 Å². The minimum absolute atomic E-state index is 0.171. The van der Waals surface area contributed by atoms with E-state index < -0.39 is 0 Å². The summed E-state index contributed by atoms with van der Waals surface area (Å²) >= 11 is 0. The van der Waals surface area contributed by atoms with Gasteiger partial charge in [-0.2, -0.15) is 0 Å². The van der Waals surface area contributed by atoms with Crippen molar-refractivity contribution in [3.63, 3.8) is 0 Å². The first-order valence-corrected chi connectivity index (χ1v) is 6.38. The zero-order valence-corrected chi connectivity index (χ0v) is 11.9. The van der Waals surface area contributed by atoms with Gasteiger partial charge in [0.25, 0.3) is 5.91 Å². The molecule has 0 saturated heterocycles. The molecule has 0 atom stereocenters.